The van der Waals surface area contributed by atoms with Gasteiger partial charge in [-0.15, -0.1) is 0 Å². The molecule has 0 saturated carbocycles. The van der Waals surface area contributed by atoms with E-state index in [1.807, 2.05) is 12.1 Å². The van der Waals surface area contributed by atoms with Gasteiger partial charge in [0.2, 0.25) is 0 Å². The predicted octanol–water partition coefficient (Wildman–Crippen LogP) is 1.97. The maximum Gasteiger partial charge on any atom is 0.336 e. The van der Waals surface area contributed by atoms with Gasteiger partial charge in [0.25, 0.3) is 0 Å². The quantitative estimate of drug-likeness (QED) is 0.820. The van der Waals surface area contributed by atoms with Gasteiger partial charge in [-0.05, 0) is 24.6 Å². The zero-order valence-electron chi connectivity index (χ0n) is 9.74. The number of carbonyl (C=O) groups excluding carboxylic acids is 1. The molecule has 0 unspecified atom stereocenters. The van der Waals surface area contributed by atoms with Crippen LogP contribution in [-0.4, -0.2) is 12.8 Å². The van der Waals surface area contributed by atoms with E-state index in [4.69, 9.17) is 4.42 Å². The highest BCUT2D eigenvalue weighted by atomic mass is 16.4. The van der Waals surface area contributed by atoms with Crippen molar-refractivity contribution in [2.45, 2.75) is 13.3 Å². The maximum absolute atomic E-state index is 11.4. The Hall–Kier alpha value is -2.10. The second-order valence-electron chi connectivity index (χ2n) is 3.93. The molecule has 1 aromatic carbocycles. The number of nitrogens with one attached hydrogen (secondary N) is 1. The third-order valence-electron chi connectivity index (χ3n) is 2.56. The number of Topliss-reactive ketones (excluding diaryl/α,β-unsaturated/α-hetero) is 1. The SMILES string of the molecule is CNc1ccc2c(CC(C)=O)cc(=O)oc2c1. The van der Waals surface area contributed by atoms with Crippen molar-refractivity contribution in [1.29, 1.82) is 0 Å². The normalized spacial score (nSPS) is 10.5. The van der Waals surface area contributed by atoms with Crippen molar-refractivity contribution in [3.63, 3.8) is 0 Å². The van der Waals surface area contributed by atoms with Crippen LogP contribution in [0.4, 0.5) is 5.69 Å². The van der Waals surface area contributed by atoms with Gasteiger partial charge in [0, 0.05) is 36.7 Å². The van der Waals surface area contributed by atoms with E-state index in [1.165, 1.54) is 13.0 Å². The summed E-state index contributed by atoms with van der Waals surface area (Å²) in [6.45, 7) is 1.50. The van der Waals surface area contributed by atoms with Gasteiger partial charge in [0.05, 0.1) is 0 Å². The number of fused-ring (bicyclic) bond motifs is 1. The third kappa shape index (κ3) is 2.36. The lowest BCUT2D eigenvalue weighted by Gasteiger charge is -2.05. The average molecular weight is 231 g/mol. The van der Waals surface area contributed by atoms with Crippen molar-refractivity contribution in [3.05, 3.63) is 40.2 Å². The first-order valence-electron chi connectivity index (χ1n) is 5.34. The molecule has 0 atom stereocenters. The maximum atomic E-state index is 11.4. The van der Waals surface area contributed by atoms with Crippen LogP contribution in [0.2, 0.25) is 0 Å². The van der Waals surface area contributed by atoms with Gasteiger partial charge in [-0.1, -0.05) is 0 Å². The number of hydrogen-bond donors (Lipinski definition) is 1. The van der Waals surface area contributed by atoms with E-state index in [9.17, 15) is 9.59 Å². The van der Waals surface area contributed by atoms with Crippen LogP contribution in [0.15, 0.2) is 33.5 Å². The van der Waals surface area contributed by atoms with Gasteiger partial charge in [-0.25, -0.2) is 4.79 Å². The molecule has 4 nitrogen and oxygen atoms in total. The molecule has 88 valence electrons. The van der Waals surface area contributed by atoms with Gasteiger partial charge in [-0.3, -0.25) is 4.79 Å². The van der Waals surface area contributed by atoms with Gasteiger partial charge >= 0.3 is 5.63 Å². The molecule has 0 amide bonds. The van der Waals surface area contributed by atoms with E-state index in [-0.39, 0.29) is 12.2 Å². The minimum Gasteiger partial charge on any atom is -0.423 e. The first-order valence-corrected chi connectivity index (χ1v) is 5.34. The molecule has 17 heavy (non-hydrogen) atoms. The number of carbonyl (C=O) groups is 1. The number of anilines is 1. The molecule has 4 heteroatoms. The minimum atomic E-state index is -0.429. The molecule has 1 heterocycles. The topological polar surface area (TPSA) is 59.3 Å². The van der Waals surface area contributed by atoms with Gasteiger partial charge in [-0.2, -0.15) is 0 Å². The van der Waals surface area contributed by atoms with E-state index in [0.717, 1.165) is 11.1 Å². The molecule has 0 aliphatic carbocycles. The first-order chi connectivity index (χ1) is 8.10. The lowest BCUT2D eigenvalue weighted by Crippen LogP contribution is -2.04. The Balaban J connectivity index is 2.67. The van der Waals surface area contributed by atoms with Crippen LogP contribution in [0.3, 0.4) is 0 Å². The van der Waals surface area contributed by atoms with Crippen molar-refractivity contribution in [3.8, 4) is 0 Å². The largest absolute Gasteiger partial charge is 0.423 e. The fourth-order valence-electron chi connectivity index (χ4n) is 1.80. The lowest BCUT2D eigenvalue weighted by molar-refractivity contribution is -0.116. The van der Waals surface area contributed by atoms with E-state index < -0.39 is 5.63 Å². The molecule has 0 radical (unpaired) electrons. The summed E-state index contributed by atoms with van der Waals surface area (Å²) < 4.78 is 5.12. The Morgan fingerprint density at radius 3 is 2.76 bits per heavy atom. The molecule has 1 aromatic heterocycles. The van der Waals surface area contributed by atoms with Crippen LogP contribution in [0.25, 0.3) is 11.0 Å². The summed E-state index contributed by atoms with van der Waals surface area (Å²) in [5, 5.41) is 3.77. The van der Waals surface area contributed by atoms with E-state index in [2.05, 4.69) is 5.32 Å². The van der Waals surface area contributed by atoms with Crippen LogP contribution in [0.5, 0.6) is 0 Å². The Kier molecular flexibility index (Phi) is 2.95. The summed E-state index contributed by atoms with van der Waals surface area (Å²) in [7, 11) is 1.79. The van der Waals surface area contributed by atoms with Crippen molar-refractivity contribution in [2.75, 3.05) is 12.4 Å². The smallest absolute Gasteiger partial charge is 0.336 e. The highest BCUT2D eigenvalue weighted by Gasteiger charge is 2.07. The number of hydrogen-bond acceptors (Lipinski definition) is 4. The summed E-state index contributed by atoms with van der Waals surface area (Å²) in [6.07, 6.45) is 0.251. The molecule has 0 fully saturated rings. The molecule has 0 spiro atoms. The van der Waals surface area contributed by atoms with Gasteiger partial charge < -0.3 is 9.73 Å². The van der Waals surface area contributed by atoms with Gasteiger partial charge in [0.1, 0.15) is 11.4 Å². The molecule has 0 saturated heterocycles. The zero-order valence-corrected chi connectivity index (χ0v) is 9.74. The van der Waals surface area contributed by atoms with Crippen molar-refractivity contribution in [1.82, 2.24) is 0 Å². The summed E-state index contributed by atoms with van der Waals surface area (Å²) in [6, 6.07) is 6.86. The highest BCUT2D eigenvalue weighted by molar-refractivity contribution is 5.88. The molecule has 0 bridgehead atoms. The van der Waals surface area contributed by atoms with Crippen LogP contribution in [-0.2, 0) is 11.2 Å². The standard InChI is InChI=1S/C13H13NO3/c1-8(15)5-9-6-13(16)17-12-7-10(14-2)3-4-11(9)12/h3-4,6-7,14H,5H2,1-2H3. The van der Waals surface area contributed by atoms with Crippen LogP contribution >= 0.6 is 0 Å². The highest BCUT2D eigenvalue weighted by Crippen LogP contribution is 2.21. The fraction of sp³-hybridized carbons (Fsp3) is 0.231. The predicted molar refractivity (Wildman–Crippen MR) is 66.4 cm³/mol. The molecular weight excluding hydrogens is 218 g/mol. The molecule has 1 N–H and O–H groups in total. The lowest BCUT2D eigenvalue weighted by atomic mass is 10.1. The summed E-state index contributed by atoms with van der Waals surface area (Å²) >= 11 is 0. The Labute approximate surface area is 98.3 Å². The van der Waals surface area contributed by atoms with Crippen molar-refractivity contribution < 1.29 is 9.21 Å². The van der Waals surface area contributed by atoms with Crippen LogP contribution in [0, 0.1) is 0 Å². The third-order valence-corrected chi connectivity index (χ3v) is 2.56. The summed E-state index contributed by atoms with van der Waals surface area (Å²) in [4.78, 5) is 22.5. The zero-order chi connectivity index (χ0) is 12.4. The number of ketones is 1. The Morgan fingerprint density at radius 2 is 2.12 bits per heavy atom. The first kappa shape index (κ1) is 11.4. The van der Waals surface area contributed by atoms with E-state index in [0.29, 0.717) is 11.1 Å². The summed E-state index contributed by atoms with van der Waals surface area (Å²) in [5.74, 6) is 0.0228. The van der Waals surface area contributed by atoms with Crippen molar-refractivity contribution in [2.24, 2.45) is 0 Å². The average Bonchev–Trinajstić information content (AvgIpc) is 2.27. The Morgan fingerprint density at radius 1 is 1.35 bits per heavy atom. The molecule has 2 rings (SSSR count). The Bertz CT molecular complexity index is 628. The van der Waals surface area contributed by atoms with Crippen molar-refractivity contribution >= 4 is 22.4 Å². The molecule has 2 aromatic rings. The molecule has 0 aliphatic rings. The van der Waals surface area contributed by atoms with Gasteiger partial charge in [0.15, 0.2) is 0 Å². The van der Waals surface area contributed by atoms with E-state index in [1.54, 1.807) is 13.1 Å². The van der Waals surface area contributed by atoms with E-state index >= 15 is 0 Å². The monoisotopic (exact) mass is 231 g/mol. The second kappa shape index (κ2) is 4.41. The van der Waals surface area contributed by atoms with Crippen LogP contribution in [0.1, 0.15) is 12.5 Å². The molecule has 0 aliphatic heterocycles. The fourth-order valence-corrected chi connectivity index (χ4v) is 1.80. The molecular formula is C13H13NO3. The second-order valence-corrected chi connectivity index (χ2v) is 3.93. The number of rotatable bonds is 3. The minimum absolute atomic E-state index is 0.0228. The van der Waals surface area contributed by atoms with Crippen LogP contribution < -0.4 is 10.9 Å². The number of benzene rings is 1. The summed E-state index contributed by atoms with van der Waals surface area (Å²) in [5.41, 5.74) is 1.65.